The van der Waals surface area contributed by atoms with Crippen molar-refractivity contribution in [3.8, 4) is 0 Å². The first-order chi connectivity index (χ1) is 6.95. The van der Waals surface area contributed by atoms with E-state index in [0.717, 1.165) is 19.8 Å². The second kappa shape index (κ2) is 4.88. The van der Waals surface area contributed by atoms with Crippen LogP contribution in [-0.2, 0) is 4.74 Å². The van der Waals surface area contributed by atoms with Crippen LogP contribution in [0.25, 0.3) is 6.08 Å². The molecule has 0 aliphatic carbocycles. The molecule has 1 saturated heterocycles. The van der Waals surface area contributed by atoms with Crippen molar-refractivity contribution >= 4 is 6.08 Å². The van der Waals surface area contributed by atoms with E-state index in [-0.39, 0.29) is 0 Å². The summed E-state index contributed by atoms with van der Waals surface area (Å²) in [5.74, 6) is 0. The fourth-order valence-electron chi connectivity index (χ4n) is 1.41. The summed E-state index contributed by atoms with van der Waals surface area (Å²) in [4.78, 5) is 3.97. The molecule has 1 fully saturated rings. The molecule has 1 aliphatic heterocycles. The molecule has 1 aliphatic rings. The quantitative estimate of drug-likeness (QED) is 0.757. The third-order valence-electron chi connectivity index (χ3n) is 2.18. The highest BCUT2D eigenvalue weighted by Gasteiger charge is 2.08. The van der Waals surface area contributed by atoms with Gasteiger partial charge in [0, 0.05) is 25.0 Å². The Bertz CT molecular complexity index is 291. The van der Waals surface area contributed by atoms with E-state index in [4.69, 9.17) is 4.74 Å². The molecule has 1 aromatic rings. The lowest BCUT2D eigenvalue weighted by molar-refractivity contribution is 0.0903. The van der Waals surface area contributed by atoms with Crippen LogP contribution < -0.4 is 5.32 Å². The minimum absolute atomic E-state index is 0.344. The minimum atomic E-state index is 0.344. The Labute approximate surface area is 83.8 Å². The first-order valence-corrected chi connectivity index (χ1v) is 4.84. The predicted molar refractivity (Wildman–Crippen MR) is 55.9 cm³/mol. The average molecular weight is 190 g/mol. The van der Waals surface area contributed by atoms with Crippen LogP contribution in [0.4, 0.5) is 0 Å². The Morgan fingerprint density at radius 3 is 3.00 bits per heavy atom. The fourth-order valence-corrected chi connectivity index (χ4v) is 1.41. The van der Waals surface area contributed by atoms with Crippen molar-refractivity contribution in [1.82, 2.24) is 10.3 Å². The van der Waals surface area contributed by atoms with E-state index >= 15 is 0 Å². The molecular formula is C11H14N2O. The molecule has 3 heteroatoms. The monoisotopic (exact) mass is 190 g/mol. The van der Waals surface area contributed by atoms with Gasteiger partial charge in [0.05, 0.1) is 13.2 Å². The third-order valence-corrected chi connectivity index (χ3v) is 2.18. The number of hydrogen-bond acceptors (Lipinski definition) is 3. The van der Waals surface area contributed by atoms with Crippen molar-refractivity contribution in [3.63, 3.8) is 0 Å². The smallest absolute Gasteiger partial charge is 0.0656 e. The summed E-state index contributed by atoms with van der Waals surface area (Å²) in [7, 11) is 0. The number of ether oxygens (including phenoxy) is 1. The Morgan fingerprint density at radius 2 is 2.29 bits per heavy atom. The number of aromatic nitrogens is 1. The number of nitrogens with zero attached hydrogens (tertiary/aromatic N) is 1. The van der Waals surface area contributed by atoms with E-state index in [9.17, 15) is 0 Å². The largest absolute Gasteiger partial charge is 0.378 e. The van der Waals surface area contributed by atoms with Gasteiger partial charge in [0.2, 0.25) is 0 Å². The average Bonchev–Trinajstić information content (AvgIpc) is 2.29. The van der Waals surface area contributed by atoms with Gasteiger partial charge in [-0.1, -0.05) is 12.2 Å². The Balaban J connectivity index is 1.93. The molecule has 2 rings (SSSR count). The predicted octanol–water partition coefficient (Wildman–Crippen LogP) is 1.08. The van der Waals surface area contributed by atoms with Gasteiger partial charge in [0.15, 0.2) is 0 Å². The SMILES string of the molecule is C(=C\C1COCCN1)/c1ccncc1. The van der Waals surface area contributed by atoms with Crippen LogP contribution in [0.2, 0.25) is 0 Å². The maximum atomic E-state index is 5.34. The van der Waals surface area contributed by atoms with Gasteiger partial charge in [0.1, 0.15) is 0 Å². The molecule has 0 saturated carbocycles. The lowest BCUT2D eigenvalue weighted by Crippen LogP contribution is -2.39. The van der Waals surface area contributed by atoms with E-state index < -0.39 is 0 Å². The van der Waals surface area contributed by atoms with Crippen LogP contribution in [-0.4, -0.2) is 30.8 Å². The molecule has 0 aromatic carbocycles. The zero-order valence-corrected chi connectivity index (χ0v) is 8.02. The van der Waals surface area contributed by atoms with Crippen LogP contribution in [0, 0.1) is 0 Å². The van der Waals surface area contributed by atoms with Gasteiger partial charge in [-0.2, -0.15) is 0 Å². The van der Waals surface area contributed by atoms with Gasteiger partial charge in [-0.05, 0) is 17.7 Å². The van der Waals surface area contributed by atoms with Crippen molar-refractivity contribution in [1.29, 1.82) is 0 Å². The zero-order chi connectivity index (χ0) is 9.64. The Hall–Kier alpha value is -1.19. The number of pyridine rings is 1. The highest BCUT2D eigenvalue weighted by atomic mass is 16.5. The van der Waals surface area contributed by atoms with Crippen LogP contribution in [0.3, 0.4) is 0 Å². The van der Waals surface area contributed by atoms with Crippen molar-refractivity contribution < 1.29 is 4.74 Å². The lowest BCUT2D eigenvalue weighted by Gasteiger charge is -2.20. The molecule has 74 valence electrons. The minimum Gasteiger partial charge on any atom is -0.378 e. The van der Waals surface area contributed by atoms with Crippen LogP contribution in [0.1, 0.15) is 5.56 Å². The molecule has 3 nitrogen and oxygen atoms in total. The Kier molecular flexibility index (Phi) is 3.27. The maximum absolute atomic E-state index is 5.34. The summed E-state index contributed by atoms with van der Waals surface area (Å²) in [5, 5.41) is 3.36. The number of morpholine rings is 1. The molecule has 14 heavy (non-hydrogen) atoms. The van der Waals surface area contributed by atoms with Gasteiger partial charge in [-0.25, -0.2) is 0 Å². The molecular weight excluding hydrogens is 176 g/mol. The van der Waals surface area contributed by atoms with Crippen LogP contribution in [0.5, 0.6) is 0 Å². The number of nitrogens with one attached hydrogen (secondary N) is 1. The molecule has 2 heterocycles. The maximum Gasteiger partial charge on any atom is 0.0656 e. The summed E-state index contributed by atoms with van der Waals surface area (Å²) < 4.78 is 5.34. The standard InChI is InChI=1S/C11H14N2O/c1(10-3-5-12-6-4-10)2-11-9-14-8-7-13-11/h1-6,11,13H,7-9H2/b2-1+. The van der Waals surface area contributed by atoms with Gasteiger partial charge in [-0.15, -0.1) is 0 Å². The summed E-state index contributed by atoms with van der Waals surface area (Å²) in [6.45, 7) is 2.52. The summed E-state index contributed by atoms with van der Waals surface area (Å²) in [6.07, 6.45) is 7.82. The second-order valence-corrected chi connectivity index (χ2v) is 3.28. The van der Waals surface area contributed by atoms with Crippen LogP contribution in [0.15, 0.2) is 30.6 Å². The van der Waals surface area contributed by atoms with Crippen molar-refractivity contribution in [2.75, 3.05) is 19.8 Å². The first-order valence-electron chi connectivity index (χ1n) is 4.84. The van der Waals surface area contributed by atoms with Gasteiger partial charge in [-0.3, -0.25) is 4.98 Å². The molecule has 0 radical (unpaired) electrons. The van der Waals surface area contributed by atoms with Crippen LogP contribution >= 0.6 is 0 Å². The van der Waals surface area contributed by atoms with E-state index in [2.05, 4.69) is 22.5 Å². The normalized spacial score (nSPS) is 22.7. The summed E-state index contributed by atoms with van der Waals surface area (Å²) in [5.41, 5.74) is 1.17. The summed E-state index contributed by atoms with van der Waals surface area (Å²) >= 11 is 0. The number of hydrogen-bond donors (Lipinski definition) is 1. The highest BCUT2D eigenvalue weighted by Crippen LogP contribution is 2.02. The van der Waals surface area contributed by atoms with Crippen molar-refractivity contribution in [2.24, 2.45) is 0 Å². The second-order valence-electron chi connectivity index (χ2n) is 3.28. The van der Waals surface area contributed by atoms with E-state index in [1.54, 1.807) is 12.4 Å². The van der Waals surface area contributed by atoms with Crippen molar-refractivity contribution in [2.45, 2.75) is 6.04 Å². The molecule has 1 unspecified atom stereocenters. The molecule has 0 amide bonds. The van der Waals surface area contributed by atoms with Gasteiger partial charge in [0.25, 0.3) is 0 Å². The molecule has 0 bridgehead atoms. The topological polar surface area (TPSA) is 34.1 Å². The summed E-state index contributed by atoms with van der Waals surface area (Å²) in [6, 6.07) is 4.32. The van der Waals surface area contributed by atoms with E-state index in [1.165, 1.54) is 5.56 Å². The third kappa shape index (κ3) is 2.65. The lowest BCUT2D eigenvalue weighted by atomic mass is 10.2. The van der Waals surface area contributed by atoms with E-state index in [1.807, 2.05) is 12.1 Å². The van der Waals surface area contributed by atoms with Gasteiger partial charge >= 0.3 is 0 Å². The zero-order valence-electron chi connectivity index (χ0n) is 8.02. The Morgan fingerprint density at radius 1 is 1.43 bits per heavy atom. The molecule has 1 N–H and O–H groups in total. The molecule has 1 aromatic heterocycles. The highest BCUT2D eigenvalue weighted by molar-refractivity contribution is 5.48. The number of rotatable bonds is 2. The van der Waals surface area contributed by atoms with Gasteiger partial charge < -0.3 is 10.1 Å². The molecule has 0 spiro atoms. The van der Waals surface area contributed by atoms with Crippen molar-refractivity contribution in [3.05, 3.63) is 36.2 Å². The first kappa shape index (κ1) is 9.37. The molecule has 1 atom stereocenters. The van der Waals surface area contributed by atoms with E-state index in [0.29, 0.717) is 6.04 Å². The fraction of sp³-hybridized carbons (Fsp3) is 0.364.